The first-order valence-electron chi connectivity index (χ1n) is 10.8. The van der Waals surface area contributed by atoms with E-state index in [9.17, 15) is 24.8 Å². The number of aromatic hydroxyl groups is 1. The fourth-order valence-corrected chi connectivity index (χ4v) is 3.46. The highest BCUT2D eigenvalue weighted by Crippen LogP contribution is 2.35. The molecule has 0 bridgehead atoms. The van der Waals surface area contributed by atoms with Crippen molar-refractivity contribution in [2.45, 2.75) is 39.3 Å². The number of nitro groups is 1. The minimum Gasteiger partial charge on any atom is -0.501 e. The van der Waals surface area contributed by atoms with Gasteiger partial charge >= 0.3 is 17.6 Å². The maximum atomic E-state index is 13.1. The van der Waals surface area contributed by atoms with Crippen LogP contribution < -0.4 is 4.74 Å². The van der Waals surface area contributed by atoms with Gasteiger partial charge in [-0.2, -0.15) is 0 Å². The third-order valence-electron chi connectivity index (χ3n) is 5.07. The molecule has 0 aliphatic carbocycles. The predicted octanol–water partition coefficient (Wildman–Crippen LogP) is 3.28. The molecule has 1 heterocycles. The quantitative estimate of drug-likeness (QED) is 0.278. The molecule has 12 nitrogen and oxygen atoms in total. The second kappa shape index (κ2) is 10.4. The molecule has 1 aromatic heterocycles. The second-order valence-corrected chi connectivity index (χ2v) is 8.79. The highest BCUT2D eigenvalue weighted by molar-refractivity contribution is 5.94. The summed E-state index contributed by atoms with van der Waals surface area (Å²) in [4.78, 5) is 35.9. The summed E-state index contributed by atoms with van der Waals surface area (Å²) in [6.45, 7) is 5.28. The van der Waals surface area contributed by atoms with E-state index >= 15 is 0 Å². The lowest BCUT2D eigenvalue weighted by molar-refractivity contribution is -0.386. The summed E-state index contributed by atoms with van der Waals surface area (Å²) in [6.07, 6.45) is -0.234. The Morgan fingerprint density at radius 2 is 1.75 bits per heavy atom. The first kappa shape index (κ1) is 26.1. The number of hydrogen-bond donors (Lipinski definition) is 1. The zero-order chi connectivity index (χ0) is 26.6. The summed E-state index contributed by atoms with van der Waals surface area (Å²) in [7, 11) is 2.64. The smallest absolute Gasteiger partial charge is 0.359 e. The number of rotatable bonds is 8. The van der Waals surface area contributed by atoms with Gasteiger partial charge in [0.1, 0.15) is 22.6 Å². The Morgan fingerprint density at radius 3 is 2.31 bits per heavy atom. The van der Waals surface area contributed by atoms with E-state index in [4.69, 9.17) is 9.47 Å². The topological polar surface area (TPSA) is 156 Å². The molecule has 0 aliphatic heterocycles. The van der Waals surface area contributed by atoms with Crippen LogP contribution in [0.1, 0.15) is 58.4 Å². The van der Waals surface area contributed by atoms with Crippen molar-refractivity contribution in [1.82, 2.24) is 15.0 Å². The molecule has 0 aliphatic rings. The highest BCUT2D eigenvalue weighted by Gasteiger charge is 2.31. The van der Waals surface area contributed by atoms with E-state index in [1.165, 1.54) is 16.8 Å². The summed E-state index contributed by atoms with van der Waals surface area (Å²) in [5.74, 6) is -1.82. The third-order valence-corrected chi connectivity index (χ3v) is 5.07. The van der Waals surface area contributed by atoms with Crippen molar-refractivity contribution < 1.29 is 33.8 Å². The molecule has 36 heavy (non-hydrogen) atoms. The van der Waals surface area contributed by atoms with Crippen LogP contribution in [-0.2, 0) is 22.4 Å². The second-order valence-electron chi connectivity index (χ2n) is 8.79. The van der Waals surface area contributed by atoms with Crippen molar-refractivity contribution in [3.63, 3.8) is 0 Å². The highest BCUT2D eigenvalue weighted by atomic mass is 16.6. The van der Waals surface area contributed by atoms with Gasteiger partial charge in [-0.25, -0.2) is 14.3 Å². The normalized spacial score (nSPS) is 11.1. The number of nitrogens with zero attached hydrogens (tertiary/aromatic N) is 4. The molecule has 0 unspecified atom stereocenters. The van der Waals surface area contributed by atoms with Gasteiger partial charge in [0.2, 0.25) is 5.75 Å². The molecular formula is C24H26N4O8. The molecule has 12 heteroatoms. The maximum absolute atomic E-state index is 13.1. The summed E-state index contributed by atoms with van der Waals surface area (Å²) >= 11 is 0. The Morgan fingerprint density at radius 1 is 1.08 bits per heavy atom. The summed E-state index contributed by atoms with van der Waals surface area (Å²) < 4.78 is 16.6. The molecule has 0 radical (unpaired) electrons. The van der Waals surface area contributed by atoms with Gasteiger partial charge in [-0.15, -0.1) is 5.10 Å². The number of aromatic nitrogens is 3. The lowest BCUT2D eigenvalue weighted by Gasteiger charge is -2.20. The molecule has 1 N–H and O–H groups in total. The molecule has 3 rings (SSSR count). The van der Waals surface area contributed by atoms with Gasteiger partial charge in [0.15, 0.2) is 5.69 Å². The minimum absolute atomic E-state index is 0.00609. The molecule has 190 valence electrons. The molecule has 0 spiro atoms. The van der Waals surface area contributed by atoms with Gasteiger partial charge in [0.05, 0.1) is 25.7 Å². The number of phenolic OH excluding ortho intramolecular Hbond substituents is 1. The van der Waals surface area contributed by atoms with Crippen LogP contribution in [0.2, 0.25) is 0 Å². The van der Waals surface area contributed by atoms with E-state index in [1.807, 2.05) is 0 Å². The van der Waals surface area contributed by atoms with E-state index in [-0.39, 0.29) is 35.5 Å². The minimum atomic E-state index is -0.929. The predicted molar refractivity (Wildman–Crippen MR) is 126 cm³/mol. The van der Waals surface area contributed by atoms with Crippen molar-refractivity contribution in [2.24, 2.45) is 0 Å². The van der Waals surface area contributed by atoms with E-state index in [1.54, 1.807) is 52.1 Å². The van der Waals surface area contributed by atoms with Crippen LogP contribution in [0.15, 0.2) is 36.4 Å². The zero-order valence-corrected chi connectivity index (χ0v) is 20.5. The largest absolute Gasteiger partial charge is 0.501 e. The van der Waals surface area contributed by atoms with E-state index in [0.717, 1.165) is 12.7 Å². The molecule has 0 amide bonds. The maximum Gasteiger partial charge on any atom is 0.359 e. The summed E-state index contributed by atoms with van der Waals surface area (Å²) in [6, 6.07) is 9.62. The van der Waals surface area contributed by atoms with E-state index in [0.29, 0.717) is 5.75 Å². The average molecular weight is 498 g/mol. The molecule has 2 aromatic carbocycles. The Bertz CT molecular complexity index is 1290. The molecule has 0 saturated heterocycles. The number of methoxy groups -OCH3 is 2. The van der Waals surface area contributed by atoms with Crippen molar-refractivity contribution in [3.8, 4) is 11.5 Å². The van der Waals surface area contributed by atoms with E-state index in [2.05, 4.69) is 15.0 Å². The number of carbonyl (C=O) groups excluding carboxylic acids is 2. The first-order chi connectivity index (χ1) is 16.9. The fourth-order valence-electron chi connectivity index (χ4n) is 3.46. The van der Waals surface area contributed by atoms with Crippen molar-refractivity contribution in [1.29, 1.82) is 0 Å². The monoisotopic (exact) mass is 498 g/mol. The third kappa shape index (κ3) is 5.77. The van der Waals surface area contributed by atoms with Crippen LogP contribution >= 0.6 is 0 Å². The summed E-state index contributed by atoms with van der Waals surface area (Å²) in [5.41, 5.74) is -0.954. The van der Waals surface area contributed by atoms with Crippen LogP contribution in [0, 0.1) is 10.1 Å². The van der Waals surface area contributed by atoms with Crippen molar-refractivity contribution in [3.05, 3.63) is 74.6 Å². The Kier molecular flexibility index (Phi) is 7.56. The average Bonchev–Trinajstić information content (AvgIpc) is 3.19. The van der Waals surface area contributed by atoms with Crippen molar-refractivity contribution in [2.75, 3.05) is 14.2 Å². The standard InChI is InChI=1S/C24H26N4O8/c1-24(2,3)36-23(31)20-18(25-26-27(20)13-14-6-9-16(34-4)10-7-14)12-15-8-11-17(22(30)35-5)21(29)19(15)28(32)33/h6-11,29H,12-13H2,1-5H3. The number of hydrogen-bond acceptors (Lipinski definition) is 10. The number of nitro benzene ring substituents is 1. The van der Waals surface area contributed by atoms with Crippen LogP contribution in [0.25, 0.3) is 0 Å². The lowest BCUT2D eigenvalue weighted by Crippen LogP contribution is -2.26. The molecule has 0 saturated carbocycles. The van der Waals surface area contributed by atoms with Gasteiger partial charge < -0.3 is 19.3 Å². The zero-order valence-electron chi connectivity index (χ0n) is 20.5. The fraction of sp³-hybridized carbons (Fsp3) is 0.333. The van der Waals surface area contributed by atoms with Crippen LogP contribution in [0.4, 0.5) is 5.69 Å². The molecule has 3 aromatic rings. The lowest BCUT2D eigenvalue weighted by atomic mass is 10.0. The number of ether oxygens (including phenoxy) is 3. The van der Waals surface area contributed by atoms with Gasteiger partial charge in [-0.05, 0) is 44.5 Å². The Balaban J connectivity index is 2.06. The molecule has 0 atom stereocenters. The van der Waals surface area contributed by atoms with Crippen LogP contribution in [0.5, 0.6) is 11.5 Å². The molecular weight excluding hydrogens is 472 g/mol. The summed E-state index contributed by atoms with van der Waals surface area (Å²) in [5, 5.41) is 30.3. The van der Waals surface area contributed by atoms with Crippen LogP contribution in [-0.4, -0.2) is 56.8 Å². The Labute approximate surface area is 206 Å². The number of phenols is 1. The number of esters is 2. The first-order valence-corrected chi connectivity index (χ1v) is 10.8. The Hall–Kier alpha value is -4.48. The van der Waals surface area contributed by atoms with Gasteiger partial charge in [0, 0.05) is 12.0 Å². The van der Waals surface area contributed by atoms with Crippen molar-refractivity contribution >= 4 is 17.6 Å². The van der Waals surface area contributed by atoms with Gasteiger partial charge in [-0.3, -0.25) is 10.1 Å². The van der Waals surface area contributed by atoms with Crippen LogP contribution in [0.3, 0.4) is 0 Å². The van der Waals surface area contributed by atoms with Gasteiger partial charge in [-0.1, -0.05) is 23.4 Å². The number of benzene rings is 2. The van der Waals surface area contributed by atoms with Gasteiger partial charge in [0.25, 0.3) is 0 Å². The number of carbonyl (C=O) groups is 2. The van der Waals surface area contributed by atoms with E-state index < -0.39 is 33.9 Å². The SMILES string of the molecule is COC(=O)c1ccc(Cc2nnn(Cc3ccc(OC)cc3)c2C(=O)OC(C)(C)C)c([N+](=O)[O-])c1O. The molecule has 0 fully saturated rings.